The van der Waals surface area contributed by atoms with Gasteiger partial charge in [-0.15, -0.1) is 0 Å². The molecule has 0 spiro atoms. The molecular weight excluding hydrogens is 596 g/mol. The quantitative estimate of drug-likeness (QED) is 0.245. The molecule has 0 radical (unpaired) electrons. The third-order valence-electron chi connectivity index (χ3n) is 10.7. The number of halogens is 1. The molecule has 2 fully saturated rings. The number of rotatable bonds is 14. The van der Waals surface area contributed by atoms with Gasteiger partial charge in [0.05, 0.1) is 6.04 Å². The molecule has 0 bridgehead atoms. The normalized spacial score (nSPS) is 20.3. The van der Waals surface area contributed by atoms with Gasteiger partial charge in [0.25, 0.3) is 0 Å². The van der Waals surface area contributed by atoms with E-state index in [9.17, 15) is 14.4 Å². The van der Waals surface area contributed by atoms with Crippen molar-refractivity contribution in [2.75, 3.05) is 26.2 Å². The molecule has 1 aliphatic carbocycles. The summed E-state index contributed by atoms with van der Waals surface area (Å²) in [4.78, 5) is 45.5. The third kappa shape index (κ3) is 8.99. The van der Waals surface area contributed by atoms with Crippen molar-refractivity contribution in [1.82, 2.24) is 20.4 Å². The van der Waals surface area contributed by atoms with Gasteiger partial charge in [0.1, 0.15) is 11.8 Å². The van der Waals surface area contributed by atoms with E-state index in [2.05, 4.69) is 41.5 Å². The molecule has 46 heavy (non-hydrogen) atoms. The zero-order valence-corrected chi connectivity index (χ0v) is 28.6. The summed E-state index contributed by atoms with van der Waals surface area (Å²) in [5.74, 6) is 1.22. The van der Waals surface area contributed by atoms with Gasteiger partial charge in [0.15, 0.2) is 0 Å². The van der Waals surface area contributed by atoms with Gasteiger partial charge < -0.3 is 15.5 Å². The Labute approximate surface area is 280 Å². The van der Waals surface area contributed by atoms with Gasteiger partial charge in [-0.1, -0.05) is 94.0 Å². The second-order valence-electron chi connectivity index (χ2n) is 13.7. The molecule has 7 nitrogen and oxygen atoms in total. The number of ketones is 1. The van der Waals surface area contributed by atoms with E-state index in [4.69, 9.17) is 11.6 Å². The Kier molecular flexibility index (Phi) is 12.7. The minimum Gasteiger partial charge on any atom is -0.344 e. The van der Waals surface area contributed by atoms with Crippen LogP contribution >= 0.6 is 11.6 Å². The van der Waals surface area contributed by atoms with Crippen LogP contribution in [0.2, 0.25) is 5.02 Å². The molecule has 3 atom stereocenters. The van der Waals surface area contributed by atoms with Crippen LogP contribution in [0, 0.1) is 11.8 Å². The number of Topliss-reactive ketones (excluding diaryl/α,β-unsaturated/α-hetero) is 1. The Morgan fingerprint density at radius 1 is 0.935 bits per heavy atom. The molecule has 2 N–H and O–H groups in total. The highest BCUT2D eigenvalue weighted by Gasteiger charge is 2.37. The molecule has 2 aliphatic heterocycles. The summed E-state index contributed by atoms with van der Waals surface area (Å²) in [6, 6.07) is 14.9. The zero-order chi connectivity index (χ0) is 32.5. The van der Waals surface area contributed by atoms with Crippen molar-refractivity contribution >= 4 is 29.2 Å². The van der Waals surface area contributed by atoms with Gasteiger partial charge in [-0.25, -0.2) is 0 Å². The van der Waals surface area contributed by atoms with E-state index in [0.717, 1.165) is 49.8 Å². The molecule has 1 saturated carbocycles. The summed E-state index contributed by atoms with van der Waals surface area (Å²) in [5, 5.41) is 7.19. The lowest BCUT2D eigenvalue weighted by Crippen LogP contribution is -2.59. The molecular formula is C38H53ClN4O3. The molecule has 5 rings (SSSR count). The van der Waals surface area contributed by atoms with E-state index in [1.807, 2.05) is 41.3 Å². The van der Waals surface area contributed by atoms with Gasteiger partial charge in [0, 0.05) is 63.1 Å². The predicted octanol–water partition coefficient (Wildman–Crippen LogP) is 6.48. The number of amides is 2. The highest BCUT2D eigenvalue weighted by molar-refractivity contribution is 6.30. The van der Waals surface area contributed by atoms with Gasteiger partial charge in [-0.2, -0.15) is 0 Å². The van der Waals surface area contributed by atoms with E-state index in [0.29, 0.717) is 61.7 Å². The van der Waals surface area contributed by atoms with E-state index in [1.54, 1.807) is 0 Å². The maximum Gasteiger partial charge on any atom is 0.245 e. The van der Waals surface area contributed by atoms with Gasteiger partial charge >= 0.3 is 0 Å². The van der Waals surface area contributed by atoms with Crippen LogP contribution in [0.4, 0.5) is 0 Å². The lowest BCUT2D eigenvalue weighted by Gasteiger charge is -2.43. The van der Waals surface area contributed by atoms with Crippen LogP contribution in [-0.4, -0.2) is 65.7 Å². The van der Waals surface area contributed by atoms with Crippen LogP contribution in [-0.2, 0) is 27.3 Å². The predicted molar refractivity (Wildman–Crippen MR) is 185 cm³/mol. The maximum absolute atomic E-state index is 14.1. The average molecular weight is 649 g/mol. The van der Waals surface area contributed by atoms with Crippen molar-refractivity contribution in [2.24, 2.45) is 11.8 Å². The average Bonchev–Trinajstić information content (AvgIpc) is 3.49. The first-order valence-corrected chi connectivity index (χ1v) is 18.1. The summed E-state index contributed by atoms with van der Waals surface area (Å²) in [6.45, 7) is 7.69. The minimum absolute atomic E-state index is 0.0433. The SMILES string of the molecule is CCC(CC)CCC(=O)C(C1CCCCC1)N1CCN(C(=O)[C@@H](Cc2ccc(Cl)cc2)NC(=O)CC2NCc3ccccc32)CC1. The maximum atomic E-state index is 14.1. The highest BCUT2D eigenvalue weighted by atomic mass is 35.5. The van der Waals surface area contributed by atoms with Crippen LogP contribution in [0.3, 0.4) is 0 Å². The number of carbonyl (C=O) groups excluding carboxylic acids is 3. The number of hydrogen-bond donors (Lipinski definition) is 2. The van der Waals surface area contributed by atoms with Gasteiger partial charge in [0.2, 0.25) is 11.8 Å². The van der Waals surface area contributed by atoms with E-state index < -0.39 is 6.04 Å². The Balaban J connectivity index is 1.24. The lowest BCUT2D eigenvalue weighted by atomic mass is 9.80. The molecule has 2 amide bonds. The molecule has 8 heteroatoms. The van der Waals surface area contributed by atoms with Crippen molar-refractivity contribution in [3.63, 3.8) is 0 Å². The van der Waals surface area contributed by atoms with Crippen LogP contribution in [0.15, 0.2) is 48.5 Å². The van der Waals surface area contributed by atoms with Crippen molar-refractivity contribution < 1.29 is 14.4 Å². The van der Waals surface area contributed by atoms with Crippen LogP contribution in [0.1, 0.15) is 101 Å². The molecule has 250 valence electrons. The number of fused-ring (bicyclic) bond motifs is 1. The Bertz CT molecular complexity index is 1300. The van der Waals surface area contributed by atoms with Gasteiger partial charge in [-0.3, -0.25) is 19.3 Å². The molecule has 0 aromatic heterocycles. The largest absolute Gasteiger partial charge is 0.344 e. The number of nitrogens with zero attached hydrogens (tertiary/aromatic N) is 2. The first-order valence-electron chi connectivity index (χ1n) is 17.8. The standard InChI is InChI=1S/C38H53ClN4O3/c1-3-27(4-2)16-19-35(44)37(29-10-6-5-7-11-29)42-20-22-43(23-21-42)38(46)34(24-28-14-17-31(39)18-15-28)41-36(45)25-33-32-13-9-8-12-30(32)26-40-33/h8-9,12-15,17-18,27,29,33-34,37,40H,3-7,10-11,16,19-26H2,1-2H3,(H,41,45)/t33?,34-,37?/m1/s1. The first kappa shape index (κ1) is 34.6. The molecule has 2 unspecified atom stereocenters. The fraction of sp³-hybridized carbons (Fsp3) is 0.605. The molecule has 2 aromatic rings. The molecule has 3 aliphatic rings. The summed E-state index contributed by atoms with van der Waals surface area (Å²) in [6.07, 6.45) is 10.5. The van der Waals surface area contributed by atoms with E-state index in [1.165, 1.54) is 24.8 Å². The van der Waals surface area contributed by atoms with E-state index >= 15 is 0 Å². The second kappa shape index (κ2) is 16.9. The number of carbonyl (C=O) groups is 3. The third-order valence-corrected chi connectivity index (χ3v) is 11.0. The Morgan fingerprint density at radius 2 is 1.63 bits per heavy atom. The highest BCUT2D eigenvalue weighted by Crippen LogP contribution is 2.32. The fourth-order valence-corrected chi connectivity index (χ4v) is 8.03. The molecule has 2 heterocycles. The van der Waals surface area contributed by atoms with Crippen molar-refractivity contribution in [3.8, 4) is 0 Å². The number of nitrogens with one attached hydrogen (secondary N) is 2. The minimum atomic E-state index is -0.673. The summed E-state index contributed by atoms with van der Waals surface area (Å²) < 4.78 is 0. The van der Waals surface area contributed by atoms with Crippen molar-refractivity contribution in [1.29, 1.82) is 0 Å². The van der Waals surface area contributed by atoms with Crippen LogP contribution in [0.5, 0.6) is 0 Å². The Hall–Kier alpha value is -2.74. The summed E-state index contributed by atoms with van der Waals surface area (Å²) in [5.41, 5.74) is 3.32. The molecule has 2 aromatic carbocycles. The second-order valence-corrected chi connectivity index (χ2v) is 14.1. The number of hydrogen-bond acceptors (Lipinski definition) is 5. The smallest absolute Gasteiger partial charge is 0.245 e. The van der Waals surface area contributed by atoms with Crippen molar-refractivity contribution in [3.05, 3.63) is 70.2 Å². The topological polar surface area (TPSA) is 81.8 Å². The zero-order valence-electron chi connectivity index (χ0n) is 27.8. The van der Waals surface area contributed by atoms with Gasteiger partial charge in [-0.05, 0) is 59.9 Å². The van der Waals surface area contributed by atoms with E-state index in [-0.39, 0.29) is 30.3 Å². The van der Waals surface area contributed by atoms with Crippen LogP contribution in [0.25, 0.3) is 0 Å². The first-order chi connectivity index (χ1) is 22.4. The number of piperazine rings is 1. The Morgan fingerprint density at radius 3 is 2.33 bits per heavy atom. The molecule has 1 saturated heterocycles. The van der Waals surface area contributed by atoms with Crippen LogP contribution < -0.4 is 10.6 Å². The monoisotopic (exact) mass is 648 g/mol. The summed E-state index contributed by atoms with van der Waals surface area (Å²) >= 11 is 6.14. The van der Waals surface area contributed by atoms with Crippen molar-refractivity contribution in [2.45, 2.75) is 109 Å². The number of benzene rings is 2. The lowest BCUT2D eigenvalue weighted by molar-refractivity contribution is -0.139. The fourth-order valence-electron chi connectivity index (χ4n) is 7.90. The summed E-state index contributed by atoms with van der Waals surface area (Å²) in [7, 11) is 0.